The van der Waals surface area contributed by atoms with Crippen LogP contribution in [0.15, 0.2) is 58.9 Å². The second-order valence-corrected chi connectivity index (χ2v) is 6.54. The zero-order chi connectivity index (χ0) is 19.7. The molecule has 0 aliphatic carbocycles. The largest absolute Gasteiger partial charge is 0.493 e. The zero-order valence-electron chi connectivity index (χ0n) is 15.6. The third kappa shape index (κ3) is 2.96. The summed E-state index contributed by atoms with van der Waals surface area (Å²) in [7, 11) is 3.14. The van der Waals surface area contributed by atoms with Crippen LogP contribution >= 0.6 is 0 Å². The first-order valence-corrected chi connectivity index (χ1v) is 8.95. The Kier molecular flexibility index (Phi) is 4.68. The van der Waals surface area contributed by atoms with Gasteiger partial charge in [-0.15, -0.1) is 0 Å². The molecule has 2 heterocycles. The van der Waals surface area contributed by atoms with E-state index >= 15 is 0 Å². The van der Waals surface area contributed by atoms with Gasteiger partial charge in [0.15, 0.2) is 23.6 Å². The number of hydrogen-bond acceptors (Lipinski definition) is 7. The molecule has 2 amide bonds. The summed E-state index contributed by atoms with van der Waals surface area (Å²) in [5.41, 5.74) is 1.68. The summed E-state index contributed by atoms with van der Waals surface area (Å²) in [6.07, 6.45) is 0.514. The molecule has 28 heavy (non-hydrogen) atoms. The second-order valence-electron chi connectivity index (χ2n) is 6.54. The summed E-state index contributed by atoms with van der Waals surface area (Å²) >= 11 is 0. The quantitative estimate of drug-likeness (QED) is 0.718. The van der Waals surface area contributed by atoms with E-state index in [4.69, 9.17) is 9.47 Å². The summed E-state index contributed by atoms with van der Waals surface area (Å²) in [5, 5.41) is 9.62. The molecule has 144 valence electrons. The summed E-state index contributed by atoms with van der Waals surface area (Å²) in [6, 6.07) is 13.3. The van der Waals surface area contributed by atoms with Crippen LogP contribution in [0.3, 0.4) is 0 Å². The third-order valence-corrected chi connectivity index (χ3v) is 4.97. The number of likely N-dealkylation sites (tertiary alicyclic amines) is 1. The number of amides is 2. The Morgan fingerprint density at radius 1 is 0.964 bits per heavy atom. The number of para-hydroxylation sites is 1. The van der Waals surface area contributed by atoms with Gasteiger partial charge in [-0.1, -0.05) is 29.5 Å². The minimum atomic E-state index is -0.780. The number of anilines is 1. The Hall–Kier alpha value is -3.42. The molecular weight excluding hydrogens is 360 g/mol. The van der Waals surface area contributed by atoms with E-state index in [-0.39, 0.29) is 18.4 Å². The normalized spacial score (nSPS) is 20.6. The molecule has 2 atom stereocenters. The summed E-state index contributed by atoms with van der Waals surface area (Å²) in [6.45, 7) is 0.276. The minimum absolute atomic E-state index is 0.274. The maximum absolute atomic E-state index is 12.9. The topological polar surface area (TPSA) is 83.8 Å². The molecule has 0 N–H and O–H groups in total. The number of fused-ring (bicyclic) bond motifs is 1. The number of methoxy groups -OCH3 is 2. The molecule has 4 rings (SSSR count). The lowest BCUT2D eigenvalue weighted by molar-refractivity contribution is -0.139. The van der Waals surface area contributed by atoms with Gasteiger partial charge in [0.2, 0.25) is 0 Å². The minimum Gasteiger partial charge on any atom is -0.493 e. The lowest BCUT2D eigenvalue weighted by Crippen LogP contribution is -2.40. The van der Waals surface area contributed by atoms with Crippen LogP contribution in [0.5, 0.6) is 11.5 Å². The van der Waals surface area contributed by atoms with Gasteiger partial charge in [0.25, 0.3) is 11.8 Å². The van der Waals surface area contributed by atoms with E-state index < -0.39 is 12.1 Å². The van der Waals surface area contributed by atoms with Crippen molar-refractivity contribution in [2.24, 2.45) is 10.3 Å². The van der Waals surface area contributed by atoms with E-state index in [1.807, 2.05) is 48.5 Å². The predicted molar refractivity (Wildman–Crippen MR) is 101 cm³/mol. The van der Waals surface area contributed by atoms with Crippen molar-refractivity contribution < 1.29 is 19.1 Å². The number of hydrogen-bond donors (Lipinski definition) is 0. The molecule has 0 aromatic heterocycles. The first kappa shape index (κ1) is 18.0. The molecule has 8 heteroatoms. The number of carbonyl (C=O) groups excluding carboxylic acids is 2. The van der Waals surface area contributed by atoms with Gasteiger partial charge in [-0.2, -0.15) is 5.11 Å². The van der Waals surface area contributed by atoms with Gasteiger partial charge < -0.3 is 9.47 Å². The molecule has 0 bridgehead atoms. The highest BCUT2D eigenvalue weighted by atomic mass is 16.5. The zero-order valence-corrected chi connectivity index (χ0v) is 15.6. The SMILES string of the molecule is COc1ccc(CCN2C(=O)[C@H]3N=NN(c4ccccc4)[C@H]3C2=O)cc1OC. The first-order chi connectivity index (χ1) is 13.6. The fourth-order valence-corrected chi connectivity index (χ4v) is 3.51. The first-order valence-electron chi connectivity index (χ1n) is 8.95. The van der Waals surface area contributed by atoms with Gasteiger partial charge in [-0.25, -0.2) is 5.01 Å². The van der Waals surface area contributed by atoms with Gasteiger partial charge in [0, 0.05) is 6.54 Å². The van der Waals surface area contributed by atoms with Gasteiger partial charge in [0.1, 0.15) is 0 Å². The highest BCUT2D eigenvalue weighted by Gasteiger charge is 2.54. The third-order valence-electron chi connectivity index (χ3n) is 4.97. The highest BCUT2D eigenvalue weighted by molar-refractivity contribution is 6.11. The van der Waals surface area contributed by atoms with Gasteiger partial charge in [-0.05, 0) is 36.2 Å². The summed E-state index contributed by atoms with van der Waals surface area (Å²) < 4.78 is 10.5. The van der Waals surface area contributed by atoms with Crippen LogP contribution in [-0.4, -0.2) is 49.6 Å². The van der Waals surface area contributed by atoms with Crippen molar-refractivity contribution >= 4 is 17.5 Å². The fourth-order valence-electron chi connectivity index (χ4n) is 3.51. The Labute approximate surface area is 162 Å². The number of benzene rings is 2. The molecule has 2 aromatic rings. The second kappa shape index (κ2) is 7.30. The van der Waals surface area contributed by atoms with Crippen molar-refractivity contribution in [2.45, 2.75) is 18.5 Å². The van der Waals surface area contributed by atoms with Crippen LogP contribution in [0, 0.1) is 0 Å². The Morgan fingerprint density at radius 2 is 1.71 bits per heavy atom. The number of ether oxygens (including phenoxy) is 2. The lowest BCUT2D eigenvalue weighted by atomic mass is 10.1. The van der Waals surface area contributed by atoms with Gasteiger partial charge >= 0.3 is 0 Å². The van der Waals surface area contributed by atoms with E-state index in [0.717, 1.165) is 11.3 Å². The molecule has 2 aliphatic heterocycles. The number of carbonyl (C=O) groups is 2. The van der Waals surface area contributed by atoms with Gasteiger partial charge in [0.05, 0.1) is 19.9 Å². The monoisotopic (exact) mass is 380 g/mol. The summed E-state index contributed by atoms with van der Waals surface area (Å²) in [5.74, 6) is 0.662. The maximum atomic E-state index is 12.9. The average molecular weight is 380 g/mol. The van der Waals surface area contributed by atoms with Crippen LogP contribution in [-0.2, 0) is 16.0 Å². The Morgan fingerprint density at radius 3 is 2.43 bits per heavy atom. The van der Waals surface area contributed by atoms with Crippen molar-refractivity contribution in [2.75, 3.05) is 25.8 Å². The standard InChI is InChI=1S/C20H20N4O4/c1-27-15-9-8-13(12-16(15)28-2)10-11-23-19(25)17-18(20(23)26)24(22-21-17)14-6-4-3-5-7-14/h3-9,12,17-18H,10-11H2,1-2H3/t17-,18+/m0/s1. The molecule has 0 unspecified atom stereocenters. The molecule has 2 aliphatic rings. The van der Waals surface area contributed by atoms with Gasteiger partial charge in [-0.3, -0.25) is 14.5 Å². The Bertz CT molecular complexity index is 931. The van der Waals surface area contributed by atoms with E-state index in [1.54, 1.807) is 14.2 Å². The van der Waals surface area contributed by atoms with E-state index in [1.165, 1.54) is 9.91 Å². The number of imide groups is 1. The van der Waals surface area contributed by atoms with Crippen molar-refractivity contribution in [3.63, 3.8) is 0 Å². The predicted octanol–water partition coefficient (Wildman–Crippen LogP) is 2.24. The molecular formula is C20H20N4O4. The number of rotatable bonds is 6. The molecule has 1 saturated heterocycles. The van der Waals surface area contributed by atoms with E-state index in [2.05, 4.69) is 10.3 Å². The van der Waals surface area contributed by atoms with Crippen molar-refractivity contribution in [1.29, 1.82) is 0 Å². The smallest absolute Gasteiger partial charge is 0.258 e. The fraction of sp³-hybridized carbons (Fsp3) is 0.300. The van der Waals surface area contributed by atoms with E-state index in [9.17, 15) is 9.59 Å². The van der Waals surface area contributed by atoms with Crippen molar-refractivity contribution in [1.82, 2.24) is 4.90 Å². The molecule has 0 radical (unpaired) electrons. The maximum Gasteiger partial charge on any atom is 0.258 e. The Balaban J connectivity index is 1.49. The van der Waals surface area contributed by atoms with Crippen LogP contribution < -0.4 is 14.5 Å². The summed E-state index contributed by atoms with van der Waals surface area (Å²) in [4.78, 5) is 26.9. The average Bonchev–Trinajstić information content (AvgIpc) is 3.27. The molecule has 8 nitrogen and oxygen atoms in total. The van der Waals surface area contributed by atoms with Crippen LogP contribution in [0.1, 0.15) is 5.56 Å². The van der Waals surface area contributed by atoms with Crippen LogP contribution in [0.4, 0.5) is 5.69 Å². The van der Waals surface area contributed by atoms with Crippen LogP contribution in [0.2, 0.25) is 0 Å². The highest BCUT2D eigenvalue weighted by Crippen LogP contribution is 2.33. The molecule has 2 aromatic carbocycles. The lowest BCUT2D eigenvalue weighted by Gasteiger charge is -2.20. The van der Waals surface area contributed by atoms with Crippen molar-refractivity contribution in [3.05, 3.63) is 54.1 Å². The number of nitrogens with zero attached hydrogens (tertiary/aromatic N) is 4. The molecule has 1 fully saturated rings. The molecule has 0 spiro atoms. The van der Waals surface area contributed by atoms with Crippen molar-refractivity contribution in [3.8, 4) is 11.5 Å². The molecule has 0 saturated carbocycles. The van der Waals surface area contributed by atoms with Crippen LogP contribution in [0.25, 0.3) is 0 Å². The van der Waals surface area contributed by atoms with E-state index in [0.29, 0.717) is 17.9 Å².